The highest BCUT2D eigenvalue weighted by molar-refractivity contribution is 7.12. The lowest BCUT2D eigenvalue weighted by Crippen LogP contribution is -2.31. The third kappa shape index (κ3) is 5.80. The number of hydrogen-bond acceptors (Lipinski definition) is 5. The summed E-state index contributed by atoms with van der Waals surface area (Å²) >= 11 is 1.45. The van der Waals surface area contributed by atoms with Gasteiger partial charge in [0.25, 0.3) is 5.91 Å². The molecule has 2 amide bonds. The summed E-state index contributed by atoms with van der Waals surface area (Å²) in [6.45, 7) is 3.21. The third-order valence-corrected chi connectivity index (χ3v) is 4.85. The Morgan fingerprint density at radius 1 is 1.22 bits per heavy atom. The minimum atomic E-state index is -0.207. The van der Waals surface area contributed by atoms with E-state index in [0.29, 0.717) is 18.8 Å². The number of amides is 2. The van der Waals surface area contributed by atoms with E-state index in [1.54, 1.807) is 0 Å². The molecule has 0 radical (unpaired) electrons. The summed E-state index contributed by atoms with van der Waals surface area (Å²) in [7, 11) is 5.42. The predicted octanol–water partition coefficient (Wildman–Crippen LogP) is 3.45. The Hall–Kier alpha value is -2.38. The van der Waals surface area contributed by atoms with Crippen LogP contribution < -0.4 is 10.2 Å². The van der Waals surface area contributed by atoms with Crippen molar-refractivity contribution in [1.29, 1.82) is 0 Å². The van der Waals surface area contributed by atoms with Gasteiger partial charge >= 0.3 is 0 Å². The molecular weight excluding hydrogens is 362 g/mol. The molecule has 0 saturated carbocycles. The van der Waals surface area contributed by atoms with E-state index in [4.69, 9.17) is 4.74 Å². The number of thiophene rings is 1. The average molecular weight is 390 g/mol. The molecule has 1 N–H and O–H groups in total. The summed E-state index contributed by atoms with van der Waals surface area (Å²) in [6.07, 6.45) is 0.874. The molecule has 1 aromatic heterocycles. The fraction of sp³-hybridized carbons (Fsp3) is 0.400. The summed E-state index contributed by atoms with van der Waals surface area (Å²) in [4.78, 5) is 29.3. The number of nitrogens with one attached hydrogen (secondary N) is 1. The van der Waals surface area contributed by atoms with Crippen molar-refractivity contribution in [3.8, 4) is 0 Å². The Kier molecular flexibility index (Phi) is 7.82. The van der Waals surface area contributed by atoms with Gasteiger partial charge in [0.2, 0.25) is 5.91 Å². The average Bonchev–Trinajstić information content (AvgIpc) is 3.15. The van der Waals surface area contributed by atoms with Gasteiger partial charge in [-0.3, -0.25) is 9.59 Å². The van der Waals surface area contributed by atoms with Gasteiger partial charge in [0.15, 0.2) is 0 Å². The van der Waals surface area contributed by atoms with Crippen molar-refractivity contribution in [1.82, 2.24) is 4.90 Å². The number of benzene rings is 1. The molecule has 1 aromatic carbocycles. The van der Waals surface area contributed by atoms with Crippen LogP contribution >= 0.6 is 11.3 Å². The highest BCUT2D eigenvalue weighted by Gasteiger charge is 2.19. The number of anilines is 2. The molecular formula is C20H27N3O3S. The van der Waals surface area contributed by atoms with Crippen molar-refractivity contribution in [2.24, 2.45) is 0 Å². The van der Waals surface area contributed by atoms with Crippen LogP contribution in [-0.4, -0.2) is 51.1 Å². The maximum absolute atomic E-state index is 12.9. The summed E-state index contributed by atoms with van der Waals surface area (Å²) in [5, 5.41) is 4.74. The molecule has 27 heavy (non-hydrogen) atoms. The normalized spacial score (nSPS) is 10.5. The fourth-order valence-electron chi connectivity index (χ4n) is 2.84. The van der Waals surface area contributed by atoms with Gasteiger partial charge in [-0.25, -0.2) is 0 Å². The van der Waals surface area contributed by atoms with Crippen LogP contribution in [0.3, 0.4) is 0 Å². The second kappa shape index (κ2) is 10.1. The summed E-state index contributed by atoms with van der Waals surface area (Å²) in [5.41, 5.74) is 2.69. The van der Waals surface area contributed by atoms with Crippen molar-refractivity contribution in [3.05, 3.63) is 46.2 Å². The number of hydrogen-bond donors (Lipinski definition) is 1. The Bertz CT molecular complexity index is 760. The summed E-state index contributed by atoms with van der Waals surface area (Å²) in [6, 6.07) is 9.48. The molecule has 0 bridgehead atoms. The molecule has 2 rings (SSSR count). The van der Waals surface area contributed by atoms with Gasteiger partial charge < -0.3 is 19.9 Å². The van der Waals surface area contributed by atoms with Gasteiger partial charge in [0.05, 0.1) is 4.88 Å². The highest BCUT2D eigenvalue weighted by atomic mass is 32.1. The molecule has 7 heteroatoms. The smallest absolute Gasteiger partial charge is 0.264 e. The third-order valence-electron chi connectivity index (χ3n) is 3.99. The lowest BCUT2D eigenvalue weighted by molar-refractivity contribution is -0.119. The second-order valence-corrected chi connectivity index (χ2v) is 7.37. The van der Waals surface area contributed by atoms with E-state index in [1.807, 2.05) is 59.6 Å². The Morgan fingerprint density at radius 3 is 2.59 bits per heavy atom. The van der Waals surface area contributed by atoms with Gasteiger partial charge in [-0.05, 0) is 41.6 Å². The Labute approximate surface area is 164 Å². The van der Waals surface area contributed by atoms with Crippen molar-refractivity contribution in [3.63, 3.8) is 0 Å². The van der Waals surface area contributed by atoms with Crippen LogP contribution in [0.4, 0.5) is 11.4 Å². The molecule has 1 heterocycles. The summed E-state index contributed by atoms with van der Waals surface area (Å²) in [5.74, 6) is -0.175. The van der Waals surface area contributed by atoms with Crippen LogP contribution in [0.25, 0.3) is 0 Å². The molecule has 0 fully saturated rings. The fourth-order valence-corrected chi connectivity index (χ4v) is 3.53. The van der Waals surface area contributed by atoms with Crippen LogP contribution in [0, 0.1) is 0 Å². The van der Waals surface area contributed by atoms with Crippen LogP contribution in [0.2, 0.25) is 0 Å². The number of ether oxygens (including phenoxy) is 1. The van der Waals surface area contributed by atoms with E-state index in [9.17, 15) is 9.59 Å². The molecule has 0 unspecified atom stereocenters. The van der Waals surface area contributed by atoms with Crippen LogP contribution in [0.5, 0.6) is 0 Å². The first kappa shape index (κ1) is 20.9. The monoisotopic (exact) mass is 389 g/mol. The Balaban J connectivity index is 2.28. The molecule has 0 atom stereocenters. The topological polar surface area (TPSA) is 61.9 Å². The number of rotatable bonds is 9. The SMILES string of the molecule is CCCN(Cc1cc(NC(=O)COC)ccc1N(C)C)C(=O)c1cccs1. The molecule has 0 aliphatic heterocycles. The molecule has 146 valence electrons. The number of carbonyl (C=O) groups is 2. The van der Waals surface area contributed by atoms with Gasteiger partial charge in [0, 0.05) is 45.7 Å². The molecule has 0 aliphatic carbocycles. The van der Waals surface area contributed by atoms with Crippen LogP contribution in [0.1, 0.15) is 28.6 Å². The standard InChI is InChI=1S/C20H27N3O3S/c1-5-10-23(20(25)18-7-6-11-27-18)13-15-12-16(21-19(24)14-26-4)8-9-17(15)22(2)3/h6-9,11-12H,5,10,13-14H2,1-4H3,(H,21,24). The zero-order valence-electron chi connectivity index (χ0n) is 16.3. The van der Waals surface area contributed by atoms with E-state index >= 15 is 0 Å². The van der Waals surface area contributed by atoms with Gasteiger partial charge in [-0.1, -0.05) is 13.0 Å². The molecule has 6 nitrogen and oxygen atoms in total. The van der Waals surface area contributed by atoms with E-state index < -0.39 is 0 Å². The maximum atomic E-state index is 12.9. The second-order valence-electron chi connectivity index (χ2n) is 6.42. The first-order valence-corrected chi connectivity index (χ1v) is 9.76. The van der Waals surface area contributed by atoms with Gasteiger partial charge in [0.1, 0.15) is 6.61 Å². The minimum absolute atomic E-state index is 0.00356. The lowest BCUT2D eigenvalue weighted by Gasteiger charge is -2.25. The predicted molar refractivity (Wildman–Crippen MR) is 111 cm³/mol. The highest BCUT2D eigenvalue weighted by Crippen LogP contribution is 2.25. The van der Waals surface area contributed by atoms with Crippen LogP contribution in [0.15, 0.2) is 35.7 Å². The quantitative estimate of drug-likeness (QED) is 0.714. The zero-order valence-corrected chi connectivity index (χ0v) is 17.1. The lowest BCUT2D eigenvalue weighted by atomic mass is 10.1. The maximum Gasteiger partial charge on any atom is 0.264 e. The largest absolute Gasteiger partial charge is 0.377 e. The van der Waals surface area contributed by atoms with Crippen LogP contribution in [-0.2, 0) is 16.1 Å². The van der Waals surface area contributed by atoms with E-state index in [1.165, 1.54) is 18.4 Å². The number of methoxy groups -OCH3 is 1. The molecule has 0 saturated heterocycles. The van der Waals surface area contributed by atoms with Crippen molar-refractivity contribution >= 4 is 34.5 Å². The summed E-state index contributed by atoms with van der Waals surface area (Å²) < 4.78 is 4.87. The van der Waals surface area contributed by atoms with E-state index in [-0.39, 0.29) is 18.4 Å². The zero-order chi connectivity index (χ0) is 19.8. The minimum Gasteiger partial charge on any atom is -0.377 e. The van der Waals surface area contributed by atoms with Gasteiger partial charge in [-0.2, -0.15) is 0 Å². The van der Waals surface area contributed by atoms with Crippen molar-refractivity contribution in [2.75, 3.05) is 44.6 Å². The van der Waals surface area contributed by atoms with Crippen molar-refractivity contribution < 1.29 is 14.3 Å². The molecule has 0 spiro atoms. The first-order chi connectivity index (χ1) is 13.0. The van der Waals surface area contributed by atoms with Gasteiger partial charge in [-0.15, -0.1) is 11.3 Å². The van der Waals surface area contributed by atoms with E-state index in [0.717, 1.165) is 22.5 Å². The Morgan fingerprint density at radius 2 is 2.00 bits per heavy atom. The molecule has 2 aromatic rings. The van der Waals surface area contributed by atoms with Crippen molar-refractivity contribution in [2.45, 2.75) is 19.9 Å². The first-order valence-electron chi connectivity index (χ1n) is 8.88. The number of nitrogens with zero attached hydrogens (tertiary/aromatic N) is 2. The van der Waals surface area contributed by atoms with E-state index in [2.05, 4.69) is 12.2 Å². The molecule has 0 aliphatic rings. The number of carbonyl (C=O) groups excluding carboxylic acids is 2.